The summed E-state index contributed by atoms with van der Waals surface area (Å²) in [5, 5.41) is 3.48. The lowest BCUT2D eigenvalue weighted by Gasteiger charge is -2.24. The molecule has 1 atom stereocenters. The third-order valence-electron chi connectivity index (χ3n) is 3.09. The zero-order valence-corrected chi connectivity index (χ0v) is 10.8. The van der Waals surface area contributed by atoms with E-state index in [0.29, 0.717) is 12.6 Å². The van der Waals surface area contributed by atoms with Crippen molar-refractivity contribution in [2.45, 2.75) is 44.6 Å². The van der Waals surface area contributed by atoms with Crippen LogP contribution < -0.4 is 5.32 Å². The smallest absolute Gasteiger partial charge is 0.163 e. The van der Waals surface area contributed by atoms with Crippen LogP contribution in [0.1, 0.15) is 26.7 Å². The van der Waals surface area contributed by atoms with Crippen molar-refractivity contribution < 1.29 is 13.7 Å². The zero-order chi connectivity index (χ0) is 11.6. The van der Waals surface area contributed by atoms with Gasteiger partial charge in [-0.2, -0.15) is 0 Å². The summed E-state index contributed by atoms with van der Waals surface area (Å²) in [4.78, 5) is 0. The standard InChI is InChI=1S/C11H21NO3S/c1-11(2)14-8-10(15-11)7-12-9-3-5-16(13)6-4-9/h9-10,12H,3-8H2,1-2H3. The molecule has 0 aromatic rings. The normalized spacial score (nSPS) is 38.8. The van der Waals surface area contributed by atoms with Gasteiger partial charge < -0.3 is 14.8 Å². The maximum Gasteiger partial charge on any atom is 0.163 e. The topological polar surface area (TPSA) is 47.6 Å². The van der Waals surface area contributed by atoms with Gasteiger partial charge >= 0.3 is 0 Å². The van der Waals surface area contributed by atoms with Crippen LogP contribution in [0.15, 0.2) is 0 Å². The number of nitrogens with one attached hydrogen (secondary N) is 1. The SMILES string of the molecule is CC1(C)OCC(CNC2CCS(=O)CC2)O1. The molecule has 2 fully saturated rings. The molecule has 0 aliphatic carbocycles. The molecular formula is C11H21NO3S. The molecule has 0 radical (unpaired) electrons. The van der Waals surface area contributed by atoms with E-state index < -0.39 is 16.6 Å². The lowest BCUT2D eigenvalue weighted by atomic mass is 10.1. The first-order chi connectivity index (χ1) is 7.55. The Morgan fingerprint density at radius 1 is 1.38 bits per heavy atom. The lowest BCUT2D eigenvalue weighted by molar-refractivity contribution is -0.137. The van der Waals surface area contributed by atoms with Crippen LogP contribution in [0.4, 0.5) is 0 Å². The van der Waals surface area contributed by atoms with Crippen LogP contribution in [0.5, 0.6) is 0 Å². The Kier molecular flexibility index (Phi) is 4.00. The van der Waals surface area contributed by atoms with Crippen LogP contribution in [0.3, 0.4) is 0 Å². The number of hydrogen-bond acceptors (Lipinski definition) is 4. The fraction of sp³-hybridized carbons (Fsp3) is 1.00. The minimum atomic E-state index is -0.575. The molecule has 2 heterocycles. The molecule has 1 N–H and O–H groups in total. The Labute approximate surface area is 99.5 Å². The number of hydrogen-bond donors (Lipinski definition) is 1. The van der Waals surface area contributed by atoms with Gasteiger partial charge in [0.25, 0.3) is 0 Å². The third kappa shape index (κ3) is 3.52. The second-order valence-corrected chi connectivity index (χ2v) is 6.68. The van der Waals surface area contributed by atoms with Crippen molar-refractivity contribution in [1.29, 1.82) is 0 Å². The largest absolute Gasteiger partial charge is 0.348 e. The van der Waals surface area contributed by atoms with Crippen LogP contribution in [0.25, 0.3) is 0 Å². The predicted molar refractivity (Wildman–Crippen MR) is 63.8 cm³/mol. The molecule has 2 saturated heterocycles. The molecule has 1 unspecified atom stereocenters. The Balaban J connectivity index is 1.66. The van der Waals surface area contributed by atoms with Crippen molar-refractivity contribution in [3.8, 4) is 0 Å². The molecule has 2 rings (SSSR count). The quantitative estimate of drug-likeness (QED) is 0.795. The van der Waals surface area contributed by atoms with Gasteiger partial charge in [0, 0.05) is 34.9 Å². The highest BCUT2D eigenvalue weighted by Crippen LogP contribution is 2.22. The van der Waals surface area contributed by atoms with Crippen molar-refractivity contribution in [3.05, 3.63) is 0 Å². The number of ether oxygens (including phenoxy) is 2. The minimum Gasteiger partial charge on any atom is -0.348 e. The molecule has 0 spiro atoms. The van der Waals surface area contributed by atoms with Crippen molar-refractivity contribution in [2.24, 2.45) is 0 Å². The van der Waals surface area contributed by atoms with Crippen LogP contribution >= 0.6 is 0 Å². The van der Waals surface area contributed by atoms with Gasteiger partial charge in [0.05, 0.1) is 12.7 Å². The van der Waals surface area contributed by atoms with Crippen molar-refractivity contribution in [3.63, 3.8) is 0 Å². The van der Waals surface area contributed by atoms with Crippen molar-refractivity contribution in [1.82, 2.24) is 5.32 Å². The molecular weight excluding hydrogens is 226 g/mol. The highest BCUT2D eigenvalue weighted by atomic mass is 32.2. The maximum absolute atomic E-state index is 11.2. The fourth-order valence-electron chi connectivity index (χ4n) is 2.16. The van der Waals surface area contributed by atoms with E-state index in [9.17, 15) is 4.21 Å². The summed E-state index contributed by atoms with van der Waals surface area (Å²) in [5.74, 6) is 1.25. The Morgan fingerprint density at radius 3 is 2.62 bits per heavy atom. The molecule has 5 heteroatoms. The second-order valence-electron chi connectivity index (χ2n) is 4.98. The van der Waals surface area contributed by atoms with Gasteiger partial charge in [-0.25, -0.2) is 0 Å². The first-order valence-electron chi connectivity index (χ1n) is 5.95. The van der Waals surface area contributed by atoms with E-state index in [1.165, 1.54) is 0 Å². The van der Waals surface area contributed by atoms with Gasteiger partial charge in [-0.15, -0.1) is 0 Å². The zero-order valence-electron chi connectivity index (χ0n) is 10.0. The highest BCUT2D eigenvalue weighted by Gasteiger charge is 2.32. The monoisotopic (exact) mass is 247 g/mol. The molecule has 2 aliphatic rings. The van der Waals surface area contributed by atoms with E-state index in [1.54, 1.807) is 0 Å². The predicted octanol–water partition coefficient (Wildman–Crippen LogP) is 0.639. The fourth-order valence-corrected chi connectivity index (χ4v) is 3.46. The Hall–Kier alpha value is 0.0300. The van der Waals surface area contributed by atoms with Crippen LogP contribution in [-0.4, -0.2) is 46.8 Å². The van der Waals surface area contributed by atoms with Crippen LogP contribution in [0.2, 0.25) is 0 Å². The Bertz CT molecular complexity index is 260. The molecule has 0 amide bonds. The first kappa shape index (κ1) is 12.5. The van der Waals surface area contributed by atoms with Gasteiger partial charge in [0.15, 0.2) is 5.79 Å². The van der Waals surface area contributed by atoms with Crippen molar-refractivity contribution in [2.75, 3.05) is 24.7 Å². The lowest BCUT2D eigenvalue weighted by Crippen LogP contribution is -2.40. The van der Waals surface area contributed by atoms with E-state index >= 15 is 0 Å². The molecule has 0 aromatic heterocycles. The Morgan fingerprint density at radius 2 is 2.06 bits per heavy atom. The summed E-state index contributed by atoms with van der Waals surface area (Å²) in [6.07, 6.45) is 2.19. The third-order valence-corrected chi connectivity index (χ3v) is 4.47. The van der Waals surface area contributed by atoms with Gasteiger partial charge in [0.2, 0.25) is 0 Å². The van der Waals surface area contributed by atoms with Gasteiger partial charge in [-0.1, -0.05) is 0 Å². The summed E-state index contributed by atoms with van der Waals surface area (Å²) >= 11 is 0. The van der Waals surface area contributed by atoms with Crippen LogP contribution in [0, 0.1) is 0 Å². The van der Waals surface area contributed by atoms with E-state index in [-0.39, 0.29) is 6.10 Å². The summed E-state index contributed by atoms with van der Waals surface area (Å²) in [6, 6.07) is 0.505. The first-order valence-corrected chi connectivity index (χ1v) is 7.44. The number of rotatable bonds is 3. The van der Waals surface area contributed by atoms with Crippen LogP contribution in [-0.2, 0) is 20.3 Å². The van der Waals surface area contributed by atoms with E-state index in [2.05, 4.69) is 5.32 Å². The molecule has 94 valence electrons. The molecule has 0 saturated carbocycles. The summed E-state index contributed by atoms with van der Waals surface area (Å²) in [5.41, 5.74) is 0. The molecule has 16 heavy (non-hydrogen) atoms. The average molecular weight is 247 g/mol. The molecule has 4 nitrogen and oxygen atoms in total. The molecule has 0 aromatic carbocycles. The van der Waals surface area contributed by atoms with Gasteiger partial charge in [-0.3, -0.25) is 4.21 Å². The summed E-state index contributed by atoms with van der Waals surface area (Å²) in [6.45, 7) is 5.38. The van der Waals surface area contributed by atoms with Crippen molar-refractivity contribution >= 4 is 10.8 Å². The highest BCUT2D eigenvalue weighted by molar-refractivity contribution is 7.85. The van der Waals surface area contributed by atoms with E-state index in [4.69, 9.17) is 9.47 Å². The van der Waals surface area contributed by atoms with E-state index in [1.807, 2.05) is 13.8 Å². The molecule has 0 bridgehead atoms. The second kappa shape index (κ2) is 5.12. The molecule has 2 aliphatic heterocycles. The summed E-state index contributed by atoms with van der Waals surface area (Å²) in [7, 11) is -0.575. The van der Waals surface area contributed by atoms with Gasteiger partial charge in [0.1, 0.15) is 0 Å². The average Bonchev–Trinajstić information content (AvgIpc) is 2.58. The maximum atomic E-state index is 11.2. The van der Waals surface area contributed by atoms with Gasteiger partial charge in [-0.05, 0) is 26.7 Å². The summed E-state index contributed by atoms with van der Waals surface area (Å²) < 4.78 is 22.4. The van der Waals surface area contributed by atoms with E-state index in [0.717, 1.165) is 30.9 Å². The minimum absolute atomic E-state index is 0.155.